The Hall–Kier alpha value is -2.37. The normalized spacial score (nSPS) is 11.7. The third-order valence-corrected chi connectivity index (χ3v) is 4.57. The van der Waals surface area contributed by atoms with Gasteiger partial charge in [0.1, 0.15) is 6.04 Å². The zero-order valence-corrected chi connectivity index (χ0v) is 16.5. The van der Waals surface area contributed by atoms with Crippen molar-refractivity contribution in [1.29, 1.82) is 0 Å². The van der Waals surface area contributed by atoms with Gasteiger partial charge in [0.2, 0.25) is 5.91 Å². The number of benzene rings is 2. The first kappa shape index (κ1) is 22.7. The Bertz CT molecular complexity index is 670. The lowest BCUT2D eigenvalue weighted by Crippen LogP contribution is -2.43. The number of nitrogens with zero attached hydrogens (tertiary/aromatic N) is 1. The molecule has 6 heteroatoms. The van der Waals surface area contributed by atoms with Crippen LogP contribution in [0.2, 0.25) is 0 Å². The van der Waals surface area contributed by atoms with E-state index in [4.69, 9.17) is 5.11 Å². The number of hydrogen-bond acceptors (Lipinski definition) is 3. The number of halogens is 1. The standard InChI is InChI=1S/C21H26N2O3.ClH/c1-16(21(25)26)23(2)15-20(24)22-14-13-19(17-9-5-3-6-10-17)18-11-7-4-8-12-18;/h3-12,16,19H,13-15H2,1-2H3,(H,22,24)(H,25,26);1H. The molecule has 2 aromatic carbocycles. The molecule has 2 rings (SSSR count). The number of carboxylic acids is 1. The van der Waals surface area contributed by atoms with Crippen LogP contribution in [0.5, 0.6) is 0 Å². The summed E-state index contributed by atoms with van der Waals surface area (Å²) in [5, 5.41) is 11.9. The summed E-state index contributed by atoms with van der Waals surface area (Å²) in [7, 11) is 1.63. The largest absolute Gasteiger partial charge is 0.480 e. The van der Waals surface area contributed by atoms with Crippen LogP contribution in [-0.4, -0.2) is 48.1 Å². The summed E-state index contributed by atoms with van der Waals surface area (Å²) < 4.78 is 0. The molecule has 2 N–H and O–H groups in total. The van der Waals surface area contributed by atoms with Gasteiger partial charge in [0, 0.05) is 12.5 Å². The summed E-state index contributed by atoms with van der Waals surface area (Å²) in [6.45, 7) is 2.16. The third-order valence-electron chi connectivity index (χ3n) is 4.57. The number of aliphatic carboxylic acids is 1. The summed E-state index contributed by atoms with van der Waals surface area (Å²) in [4.78, 5) is 24.6. The average molecular weight is 391 g/mol. The smallest absolute Gasteiger partial charge is 0.320 e. The van der Waals surface area contributed by atoms with Gasteiger partial charge in [0.05, 0.1) is 6.54 Å². The second-order valence-corrected chi connectivity index (χ2v) is 6.44. The number of carbonyl (C=O) groups excluding carboxylic acids is 1. The van der Waals surface area contributed by atoms with Gasteiger partial charge in [0.25, 0.3) is 0 Å². The summed E-state index contributed by atoms with van der Waals surface area (Å²) in [5.74, 6) is -0.901. The minimum absolute atomic E-state index is 0. The van der Waals surface area contributed by atoms with E-state index in [-0.39, 0.29) is 30.8 Å². The highest BCUT2D eigenvalue weighted by atomic mass is 35.5. The topological polar surface area (TPSA) is 69.6 Å². The molecule has 0 bridgehead atoms. The SMILES string of the molecule is CC(C(=O)O)N(C)CC(=O)NCCC(c1ccccc1)c1ccccc1.Cl. The molecule has 5 nitrogen and oxygen atoms in total. The molecule has 0 radical (unpaired) electrons. The number of hydrogen-bond donors (Lipinski definition) is 2. The average Bonchev–Trinajstić information content (AvgIpc) is 2.65. The lowest BCUT2D eigenvalue weighted by molar-refractivity contribution is -0.142. The Kier molecular flexibility index (Phi) is 9.54. The molecule has 146 valence electrons. The minimum Gasteiger partial charge on any atom is -0.480 e. The van der Waals surface area contributed by atoms with Crippen LogP contribution in [0.4, 0.5) is 0 Å². The number of likely N-dealkylation sites (N-methyl/N-ethyl adjacent to an activating group) is 1. The first-order chi connectivity index (χ1) is 12.5. The van der Waals surface area contributed by atoms with Crippen LogP contribution in [0, 0.1) is 0 Å². The molecule has 27 heavy (non-hydrogen) atoms. The quantitative estimate of drug-likeness (QED) is 0.690. The van der Waals surface area contributed by atoms with Crippen LogP contribution in [0.25, 0.3) is 0 Å². The van der Waals surface area contributed by atoms with Crippen molar-refractivity contribution >= 4 is 24.3 Å². The van der Waals surface area contributed by atoms with Crippen LogP contribution in [0.15, 0.2) is 60.7 Å². The molecule has 0 fully saturated rings. The van der Waals surface area contributed by atoms with E-state index in [1.165, 1.54) is 16.0 Å². The van der Waals surface area contributed by atoms with Crippen molar-refractivity contribution in [2.75, 3.05) is 20.1 Å². The Balaban J connectivity index is 0.00000364. The Morgan fingerprint density at radius 1 is 1.00 bits per heavy atom. The third kappa shape index (κ3) is 7.04. The predicted molar refractivity (Wildman–Crippen MR) is 109 cm³/mol. The molecule has 0 aliphatic heterocycles. The van der Waals surface area contributed by atoms with Crippen LogP contribution in [-0.2, 0) is 9.59 Å². The summed E-state index contributed by atoms with van der Waals surface area (Å²) in [5.41, 5.74) is 2.43. The fourth-order valence-electron chi connectivity index (χ4n) is 2.86. The van der Waals surface area contributed by atoms with Crippen molar-refractivity contribution < 1.29 is 14.7 Å². The Morgan fingerprint density at radius 2 is 1.48 bits per heavy atom. The fourth-order valence-corrected chi connectivity index (χ4v) is 2.86. The van der Waals surface area contributed by atoms with Crippen molar-refractivity contribution in [3.8, 4) is 0 Å². The van der Waals surface area contributed by atoms with Gasteiger partial charge in [-0.15, -0.1) is 12.4 Å². The molecule has 1 atom stereocenters. The molecule has 0 spiro atoms. The molecule has 0 aliphatic carbocycles. The maximum Gasteiger partial charge on any atom is 0.320 e. The highest BCUT2D eigenvalue weighted by Gasteiger charge is 2.19. The molecular weight excluding hydrogens is 364 g/mol. The summed E-state index contributed by atoms with van der Waals surface area (Å²) >= 11 is 0. The first-order valence-electron chi connectivity index (χ1n) is 8.78. The van der Waals surface area contributed by atoms with Gasteiger partial charge in [0.15, 0.2) is 0 Å². The zero-order chi connectivity index (χ0) is 18.9. The van der Waals surface area contributed by atoms with Gasteiger partial charge in [-0.2, -0.15) is 0 Å². The van der Waals surface area contributed by atoms with Gasteiger partial charge < -0.3 is 10.4 Å². The van der Waals surface area contributed by atoms with Crippen molar-refractivity contribution in [3.63, 3.8) is 0 Å². The molecular formula is C21H27ClN2O3. The van der Waals surface area contributed by atoms with Crippen LogP contribution in [0.1, 0.15) is 30.4 Å². The van der Waals surface area contributed by atoms with Gasteiger partial charge in [-0.3, -0.25) is 14.5 Å². The zero-order valence-electron chi connectivity index (χ0n) is 15.7. The number of carboxylic acid groups (broad SMARTS) is 1. The van der Waals surface area contributed by atoms with Gasteiger partial charge in [-0.05, 0) is 31.5 Å². The van der Waals surface area contributed by atoms with Crippen LogP contribution < -0.4 is 5.32 Å². The van der Waals surface area contributed by atoms with Gasteiger partial charge >= 0.3 is 5.97 Å². The van der Waals surface area contributed by atoms with E-state index in [1.807, 2.05) is 36.4 Å². The molecule has 2 aromatic rings. The van der Waals surface area contributed by atoms with Gasteiger partial charge in [-0.1, -0.05) is 60.7 Å². The second-order valence-electron chi connectivity index (χ2n) is 6.44. The molecule has 1 unspecified atom stereocenters. The maximum atomic E-state index is 12.1. The highest BCUT2D eigenvalue weighted by molar-refractivity contribution is 5.85. The summed E-state index contributed by atoms with van der Waals surface area (Å²) in [6, 6.07) is 19.8. The predicted octanol–water partition coefficient (Wildman–Crippen LogP) is 3.15. The highest BCUT2D eigenvalue weighted by Crippen LogP contribution is 2.27. The number of rotatable bonds is 9. The van der Waals surface area contributed by atoms with Crippen molar-refractivity contribution in [3.05, 3.63) is 71.8 Å². The van der Waals surface area contributed by atoms with E-state index in [0.717, 1.165) is 6.42 Å². The van der Waals surface area contributed by atoms with Gasteiger partial charge in [-0.25, -0.2) is 0 Å². The molecule has 0 saturated heterocycles. The molecule has 0 aromatic heterocycles. The number of carbonyl (C=O) groups is 2. The summed E-state index contributed by atoms with van der Waals surface area (Å²) in [6.07, 6.45) is 0.776. The Labute approximate surface area is 166 Å². The van der Waals surface area contributed by atoms with E-state index < -0.39 is 12.0 Å². The molecule has 1 amide bonds. The van der Waals surface area contributed by atoms with Crippen molar-refractivity contribution in [1.82, 2.24) is 10.2 Å². The lowest BCUT2D eigenvalue weighted by atomic mass is 9.88. The van der Waals surface area contributed by atoms with E-state index >= 15 is 0 Å². The molecule has 0 heterocycles. The number of amides is 1. The van der Waals surface area contributed by atoms with E-state index in [1.54, 1.807) is 14.0 Å². The first-order valence-corrected chi connectivity index (χ1v) is 8.78. The van der Waals surface area contributed by atoms with Crippen molar-refractivity contribution in [2.24, 2.45) is 0 Å². The second kappa shape index (κ2) is 11.4. The van der Waals surface area contributed by atoms with Crippen LogP contribution >= 0.6 is 12.4 Å². The molecule has 0 aliphatic rings. The van der Waals surface area contributed by atoms with E-state index in [9.17, 15) is 9.59 Å². The minimum atomic E-state index is -0.937. The fraction of sp³-hybridized carbons (Fsp3) is 0.333. The monoisotopic (exact) mass is 390 g/mol. The molecule has 0 saturated carbocycles. The maximum absolute atomic E-state index is 12.1. The lowest BCUT2D eigenvalue weighted by Gasteiger charge is -2.21. The van der Waals surface area contributed by atoms with E-state index in [2.05, 4.69) is 29.6 Å². The number of nitrogens with one attached hydrogen (secondary N) is 1. The van der Waals surface area contributed by atoms with Crippen LogP contribution in [0.3, 0.4) is 0 Å². The van der Waals surface area contributed by atoms with E-state index in [0.29, 0.717) is 6.54 Å². The van der Waals surface area contributed by atoms with Crippen molar-refractivity contribution in [2.45, 2.75) is 25.3 Å². The Morgan fingerprint density at radius 3 is 1.93 bits per heavy atom.